The topological polar surface area (TPSA) is 101 Å². The van der Waals surface area contributed by atoms with Crippen molar-refractivity contribution in [2.24, 2.45) is 11.8 Å². The lowest BCUT2D eigenvalue weighted by molar-refractivity contribution is 0.0928. The molecule has 2 aliphatic rings. The van der Waals surface area contributed by atoms with E-state index in [4.69, 9.17) is 4.74 Å². The summed E-state index contributed by atoms with van der Waals surface area (Å²) in [6.45, 7) is 3.31. The van der Waals surface area contributed by atoms with Crippen molar-refractivity contribution in [2.45, 2.75) is 19.1 Å². The number of aliphatic hydroxyl groups is 1. The minimum Gasteiger partial charge on any atom is -0.382 e. The molecule has 2 aromatic rings. The van der Waals surface area contributed by atoms with Crippen molar-refractivity contribution < 1.29 is 19.4 Å². The van der Waals surface area contributed by atoms with Crippen molar-refractivity contribution in [2.75, 3.05) is 20.3 Å². The first-order chi connectivity index (χ1) is 13.5. The number of carbonyl (C=O) groups is 2. The van der Waals surface area contributed by atoms with Gasteiger partial charge in [0.25, 0.3) is 11.8 Å². The quantitative estimate of drug-likeness (QED) is 0.723. The molecule has 4 rings (SSSR count). The molecule has 146 valence electrons. The van der Waals surface area contributed by atoms with Crippen molar-refractivity contribution >= 4 is 11.8 Å². The van der Waals surface area contributed by atoms with E-state index in [1.165, 1.54) is 13.1 Å². The molecule has 1 aliphatic carbocycles. The molecule has 7 nitrogen and oxygen atoms in total. The number of carbonyl (C=O) groups excluding carboxylic acids is 2. The van der Waals surface area contributed by atoms with Gasteiger partial charge in [0.2, 0.25) is 0 Å². The van der Waals surface area contributed by atoms with E-state index in [-0.39, 0.29) is 23.3 Å². The summed E-state index contributed by atoms with van der Waals surface area (Å²) in [5.41, 5.74) is 2.38. The van der Waals surface area contributed by atoms with Crippen LogP contribution in [0.3, 0.4) is 0 Å². The number of hydrogen-bond acceptors (Lipinski definition) is 5. The third-order valence-electron chi connectivity index (χ3n) is 5.49. The summed E-state index contributed by atoms with van der Waals surface area (Å²) in [5.74, 6) is 0.0663. The Morgan fingerprint density at radius 3 is 2.46 bits per heavy atom. The first kappa shape index (κ1) is 18.6. The standard InChI is InChI=1S/C21H23N3O4/c1-11-3-5-12(6-4-11)19(25)16-7-13(8-17(23-16)21(27)22-2)20(26)24-18-14-9-28-10-15(14)18/h3-8,14-15,18-19,25H,9-10H2,1-2H3,(H,22,27)(H,24,26). The van der Waals surface area contributed by atoms with E-state index >= 15 is 0 Å². The van der Waals surface area contributed by atoms with Gasteiger partial charge in [0.1, 0.15) is 11.8 Å². The number of pyridine rings is 1. The molecule has 0 bridgehead atoms. The van der Waals surface area contributed by atoms with E-state index in [0.29, 0.717) is 36.2 Å². The molecule has 1 aromatic carbocycles. The van der Waals surface area contributed by atoms with Crippen LogP contribution >= 0.6 is 0 Å². The molecule has 2 fully saturated rings. The summed E-state index contributed by atoms with van der Waals surface area (Å²) in [6, 6.07) is 10.5. The van der Waals surface area contributed by atoms with E-state index in [0.717, 1.165) is 5.56 Å². The SMILES string of the molecule is CNC(=O)c1cc(C(=O)NC2C3COCC32)cc(C(O)c2ccc(C)cc2)n1. The minimum absolute atomic E-state index is 0.0932. The van der Waals surface area contributed by atoms with Gasteiger partial charge in [0.15, 0.2) is 0 Å². The van der Waals surface area contributed by atoms with Crippen molar-refractivity contribution in [3.8, 4) is 0 Å². The van der Waals surface area contributed by atoms with Crippen LogP contribution in [0.5, 0.6) is 0 Å². The van der Waals surface area contributed by atoms with E-state index < -0.39 is 12.0 Å². The Morgan fingerprint density at radius 2 is 1.82 bits per heavy atom. The number of fused-ring (bicyclic) bond motifs is 1. The molecule has 2 amide bonds. The number of nitrogens with one attached hydrogen (secondary N) is 2. The average Bonchev–Trinajstić information content (AvgIpc) is 3.13. The van der Waals surface area contributed by atoms with Crippen LogP contribution in [0.25, 0.3) is 0 Å². The minimum atomic E-state index is -1.04. The van der Waals surface area contributed by atoms with Gasteiger partial charge in [-0.15, -0.1) is 0 Å². The highest BCUT2D eigenvalue weighted by Gasteiger charge is 2.54. The second-order valence-corrected chi connectivity index (χ2v) is 7.42. The number of aryl methyl sites for hydroxylation is 1. The molecule has 3 atom stereocenters. The molecular formula is C21H23N3O4. The largest absolute Gasteiger partial charge is 0.382 e. The molecule has 0 radical (unpaired) electrons. The second kappa shape index (κ2) is 7.33. The maximum atomic E-state index is 12.8. The number of aliphatic hydroxyl groups excluding tert-OH is 1. The number of rotatable bonds is 5. The molecule has 3 unspecified atom stereocenters. The van der Waals surface area contributed by atoms with Crippen LogP contribution in [-0.4, -0.2) is 48.2 Å². The Balaban J connectivity index is 1.62. The van der Waals surface area contributed by atoms with Crippen molar-refractivity contribution in [1.82, 2.24) is 15.6 Å². The molecule has 1 saturated heterocycles. The Hall–Kier alpha value is -2.77. The van der Waals surface area contributed by atoms with Crippen LogP contribution in [-0.2, 0) is 4.74 Å². The summed E-state index contributed by atoms with van der Waals surface area (Å²) in [5, 5.41) is 16.3. The van der Waals surface area contributed by atoms with Crippen molar-refractivity contribution in [3.05, 3.63) is 64.5 Å². The molecule has 3 N–H and O–H groups in total. The van der Waals surface area contributed by atoms with Gasteiger partial charge in [0, 0.05) is 30.5 Å². The maximum absolute atomic E-state index is 12.8. The van der Waals surface area contributed by atoms with Gasteiger partial charge in [-0.25, -0.2) is 4.98 Å². The fourth-order valence-corrected chi connectivity index (χ4v) is 3.68. The van der Waals surface area contributed by atoms with E-state index in [1.807, 2.05) is 19.1 Å². The van der Waals surface area contributed by atoms with Crippen LogP contribution in [0.4, 0.5) is 0 Å². The average molecular weight is 381 g/mol. The van der Waals surface area contributed by atoms with Crippen LogP contribution in [0.15, 0.2) is 36.4 Å². The number of ether oxygens (including phenoxy) is 1. The summed E-state index contributed by atoms with van der Waals surface area (Å²) in [6.07, 6.45) is -1.04. The zero-order valence-corrected chi connectivity index (χ0v) is 15.8. The predicted molar refractivity (Wildman–Crippen MR) is 102 cm³/mol. The lowest BCUT2D eigenvalue weighted by Gasteiger charge is -2.14. The normalized spacial score (nSPS) is 23.6. The second-order valence-electron chi connectivity index (χ2n) is 7.42. The highest BCUT2D eigenvalue weighted by Crippen LogP contribution is 2.44. The molecule has 1 aromatic heterocycles. The van der Waals surface area contributed by atoms with Gasteiger partial charge in [-0.3, -0.25) is 9.59 Å². The van der Waals surface area contributed by atoms with Gasteiger partial charge >= 0.3 is 0 Å². The van der Waals surface area contributed by atoms with Crippen LogP contribution in [0, 0.1) is 18.8 Å². The highest BCUT2D eigenvalue weighted by atomic mass is 16.5. The van der Waals surface area contributed by atoms with Crippen LogP contribution < -0.4 is 10.6 Å². The lowest BCUT2D eigenvalue weighted by Crippen LogP contribution is -2.31. The summed E-state index contributed by atoms with van der Waals surface area (Å²) in [7, 11) is 1.50. The summed E-state index contributed by atoms with van der Waals surface area (Å²) in [4.78, 5) is 29.2. The number of aromatic nitrogens is 1. The Kier molecular flexibility index (Phi) is 4.87. The lowest BCUT2D eigenvalue weighted by atomic mass is 10.0. The molecule has 7 heteroatoms. The first-order valence-corrected chi connectivity index (χ1v) is 9.35. The maximum Gasteiger partial charge on any atom is 0.269 e. The summed E-state index contributed by atoms with van der Waals surface area (Å²) >= 11 is 0. The van der Waals surface area contributed by atoms with Crippen LogP contribution in [0.2, 0.25) is 0 Å². The molecular weight excluding hydrogens is 358 g/mol. The molecule has 28 heavy (non-hydrogen) atoms. The van der Waals surface area contributed by atoms with Crippen molar-refractivity contribution in [1.29, 1.82) is 0 Å². The van der Waals surface area contributed by atoms with Gasteiger partial charge in [-0.2, -0.15) is 0 Å². The fourth-order valence-electron chi connectivity index (χ4n) is 3.68. The Morgan fingerprint density at radius 1 is 1.14 bits per heavy atom. The summed E-state index contributed by atoms with van der Waals surface area (Å²) < 4.78 is 5.35. The van der Waals surface area contributed by atoms with Gasteiger partial charge < -0.3 is 20.5 Å². The third-order valence-corrected chi connectivity index (χ3v) is 5.49. The Bertz CT molecular complexity index is 902. The number of benzene rings is 1. The fraction of sp³-hybridized carbons (Fsp3) is 0.381. The first-order valence-electron chi connectivity index (χ1n) is 9.35. The number of amides is 2. The van der Waals surface area contributed by atoms with Gasteiger partial charge in [0.05, 0.1) is 18.9 Å². The zero-order valence-electron chi connectivity index (χ0n) is 15.8. The van der Waals surface area contributed by atoms with E-state index in [9.17, 15) is 14.7 Å². The zero-order chi connectivity index (χ0) is 19.8. The number of nitrogens with zero attached hydrogens (tertiary/aromatic N) is 1. The van der Waals surface area contributed by atoms with E-state index in [2.05, 4.69) is 15.6 Å². The van der Waals surface area contributed by atoms with Crippen LogP contribution in [0.1, 0.15) is 43.8 Å². The highest BCUT2D eigenvalue weighted by molar-refractivity contribution is 5.99. The van der Waals surface area contributed by atoms with Crippen molar-refractivity contribution in [3.63, 3.8) is 0 Å². The Labute approximate surface area is 163 Å². The van der Waals surface area contributed by atoms with Gasteiger partial charge in [-0.05, 0) is 24.6 Å². The predicted octanol–water partition coefficient (Wildman–Crippen LogP) is 1.21. The smallest absolute Gasteiger partial charge is 0.269 e. The molecule has 1 aliphatic heterocycles. The monoisotopic (exact) mass is 381 g/mol. The van der Waals surface area contributed by atoms with E-state index in [1.54, 1.807) is 18.2 Å². The molecule has 1 saturated carbocycles. The molecule has 2 heterocycles. The molecule has 0 spiro atoms. The van der Waals surface area contributed by atoms with Gasteiger partial charge in [-0.1, -0.05) is 29.8 Å². The number of hydrogen-bond donors (Lipinski definition) is 3. The third kappa shape index (κ3) is 3.50.